The van der Waals surface area contributed by atoms with Crippen molar-refractivity contribution in [2.24, 2.45) is 0 Å². The molecule has 29 heavy (non-hydrogen) atoms. The van der Waals surface area contributed by atoms with Gasteiger partial charge in [0.15, 0.2) is 0 Å². The van der Waals surface area contributed by atoms with Gasteiger partial charge in [0.2, 0.25) is 0 Å². The molecule has 2 atom stereocenters. The Labute approximate surface area is 176 Å². The van der Waals surface area contributed by atoms with Crippen molar-refractivity contribution in [3.8, 4) is 0 Å². The molecule has 3 rings (SSSR count). The second kappa shape index (κ2) is 7.43. The number of carbonyl (C=O) groups is 2. The van der Waals surface area contributed by atoms with Crippen LogP contribution >= 0.6 is 0 Å². The number of nitrogens with zero attached hydrogens (tertiary/aromatic N) is 2. The van der Waals surface area contributed by atoms with Crippen molar-refractivity contribution in [1.29, 1.82) is 0 Å². The van der Waals surface area contributed by atoms with Crippen LogP contribution in [0.15, 0.2) is 43.0 Å². The van der Waals surface area contributed by atoms with Crippen molar-refractivity contribution in [2.75, 3.05) is 13.2 Å². The van der Waals surface area contributed by atoms with E-state index in [0.717, 1.165) is 5.56 Å². The molecule has 0 radical (unpaired) electrons. The Bertz CT molecular complexity index is 787. The van der Waals surface area contributed by atoms with Crippen molar-refractivity contribution in [3.63, 3.8) is 0 Å². The largest absolute Gasteiger partial charge is 0.447 e. The summed E-state index contributed by atoms with van der Waals surface area (Å²) in [6.07, 6.45) is 1.82. The van der Waals surface area contributed by atoms with Crippen LogP contribution in [-0.2, 0) is 9.53 Å². The molecular weight excluding hydrogens is 396 g/mol. The molecule has 2 fully saturated rings. The minimum atomic E-state index is -1.61. The van der Waals surface area contributed by atoms with Crippen LogP contribution in [0.25, 0.3) is 0 Å². The summed E-state index contributed by atoms with van der Waals surface area (Å²) in [5.41, 5.74) is 0.118. The fourth-order valence-corrected chi connectivity index (χ4v) is 18.2. The number of carbonyl (C=O) groups excluding carboxylic acids is 2. The lowest BCUT2D eigenvalue weighted by molar-refractivity contribution is -0.162. The number of cyclic esters (lactones) is 1. The number of hydrogen-bond acceptors (Lipinski definition) is 3. The maximum absolute atomic E-state index is 13.8. The molecule has 0 aromatic heterocycles. The molecular formula is C22H34N2O3Si2. The van der Waals surface area contributed by atoms with E-state index in [1.54, 1.807) is 11.0 Å². The molecule has 0 unspecified atom stereocenters. The quantitative estimate of drug-likeness (QED) is 0.364. The van der Waals surface area contributed by atoms with Crippen molar-refractivity contribution >= 4 is 28.1 Å². The Kier molecular flexibility index (Phi) is 5.59. The van der Waals surface area contributed by atoms with Gasteiger partial charge in [0.1, 0.15) is 12.1 Å². The first-order valence-electron chi connectivity index (χ1n) is 10.4. The molecule has 1 aromatic rings. The highest BCUT2D eigenvalue weighted by Crippen LogP contribution is 2.45. The number of amides is 2. The van der Waals surface area contributed by atoms with Crippen LogP contribution in [0, 0.1) is 0 Å². The number of likely N-dealkylation sites (tertiary alicyclic amines) is 1. The average Bonchev–Trinajstić information content (AvgIpc) is 3.00. The molecule has 0 N–H and O–H groups in total. The third-order valence-corrected chi connectivity index (χ3v) is 15.1. The lowest BCUT2D eigenvalue weighted by Gasteiger charge is -2.60. The first-order chi connectivity index (χ1) is 13.4. The zero-order chi connectivity index (χ0) is 21.6. The Morgan fingerprint density at radius 2 is 1.72 bits per heavy atom. The number of hydrogen-bond donors (Lipinski definition) is 0. The summed E-state index contributed by atoms with van der Waals surface area (Å²) in [6.45, 7) is 18.8. The summed E-state index contributed by atoms with van der Waals surface area (Å²) < 4.78 is 5.44. The van der Waals surface area contributed by atoms with Gasteiger partial charge in [0, 0.05) is 5.29 Å². The van der Waals surface area contributed by atoms with Gasteiger partial charge in [-0.2, -0.15) is 0 Å². The highest BCUT2D eigenvalue weighted by Gasteiger charge is 2.64. The van der Waals surface area contributed by atoms with E-state index in [9.17, 15) is 9.59 Å². The van der Waals surface area contributed by atoms with E-state index < -0.39 is 27.8 Å². The molecule has 158 valence electrons. The Morgan fingerprint density at radius 3 is 2.21 bits per heavy atom. The molecule has 1 aromatic carbocycles. The van der Waals surface area contributed by atoms with Crippen LogP contribution in [-0.4, -0.2) is 61.9 Å². The zero-order valence-corrected chi connectivity index (χ0v) is 20.6. The van der Waals surface area contributed by atoms with E-state index in [-0.39, 0.29) is 18.6 Å². The van der Waals surface area contributed by atoms with E-state index in [1.807, 2.05) is 30.3 Å². The number of ether oxygens (including phenoxy) is 1. The van der Waals surface area contributed by atoms with Crippen LogP contribution in [0.2, 0.25) is 39.3 Å². The summed E-state index contributed by atoms with van der Waals surface area (Å²) in [7, 11) is -3.23. The highest BCUT2D eigenvalue weighted by atomic mass is 28.4. The first kappa shape index (κ1) is 21.8. The van der Waals surface area contributed by atoms with Crippen molar-refractivity contribution in [2.45, 2.75) is 62.6 Å². The van der Waals surface area contributed by atoms with E-state index in [1.165, 1.54) is 0 Å². The molecule has 0 aliphatic carbocycles. The molecule has 2 saturated heterocycles. The molecule has 2 heterocycles. The average molecular weight is 431 g/mol. The van der Waals surface area contributed by atoms with Crippen LogP contribution < -0.4 is 0 Å². The van der Waals surface area contributed by atoms with Crippen LogP contribution in [0.4, 0.5) is 4.79 Å². The first-order valence-corrected chi connectivity index (χ1v) is 17.5. The second-order valence-corrected chi connectivity index (χ2v) is 21.6. The summed E-state index contributed by atoms with van der Waals surface area (Å²) >= 11 is 0. The third-order valence-electron chi connectivity index (χ3n) is 6.04. The van der Waals surface area contributed by atoms with Gasteiger partial charge in [-0.1, -0.05) is 75.7 Å². The fraction of sp³-hybridized carbons (Fsp3) is 0.545. The maximum Gasteiger partial charge on any atom is 0.411 e. The van der Waals surface area contributed by atoms with E-state index in [4.69, 9.17) is 4.74 Å². The minimum Gasteiger partial charge on any atom is -0.447 e. The van der Waals surface area contributed by atoms with Gasteiger partial charge >= 0.3 is 6.09 Å². The van der Waals surface area contributed by atoms with Gasteiger partial charge < -0.3 is 9.64 Å². The predicted molar refractivity (Wildman–Crippen MR) is 122 cm³/mol. The number of β-lactam (4-membered cyclic amide) rings is 1. The summed E-state index contributed by atoms with van der Waals surface area (Å²) in [5, 5.41) is 0.328. The van der Waals surface area contributed by atoms with Gasteiger partial charge in [0.05, 0.1) is 28.7 Å². The van der Waals surface area contributed by atoms with E-state index in [2.05, 4.69) is 50.8 Å². The highest BCUT2D eigenvalue weighted by molar-refractivity contribution is 6.96. The molecule has 2 aliphatic heterocycles. The van der Waals surface area contributed by atoms with Crippen molar-refractivity contribution in [3.05, 3.63) is 48.6 Å². The van der Waals surface area contributed by atoms with Gasteiger partial charge in [-0.3, -0.25) is 9.69 Å². The predicted octanol–water partition coefficient (Wildman–Crippen LogP) is 4.46. The molecule has 5 nitrogen and oxygen atoms in total. The second-order valence-electron chi connectivity index (χ2n) is 10.5. The smallest absolute Gasteiger partial charge is 0.411 e. The Morgan fingerprint density at radius 1 is 1.14 bits per heavy atom. The molecule has 0 bridgehead atoms. The van der Waals surface area contributed by atoms with E-state index >= 15 is 0 Å². The molecule has 2 amide bonds. The lowest BCUT2D eigenvalue weighted by atomic mass is 9.82. The summed E-state index contributed by atoms with van der Waals surface area (Å²) in [4.78, 5) is 30.4. The molecule has 0 spiro atoms. The van der Waals surface area contributed by atoms with Crippen LogP contribution in [0.3, 0.4) is 0 Å². The molecule has 0 saturated carbocycles. The normalized spacial score (nSPS) is 25.3. The van der Waals surface area contributed by atoms with Gasteiger partial charge in [-0.15, -0.1) is 6.58 Å². The van der Waals surface area contributed by atoms with E-state index in [0.29, 0.717) is 18.3 Å². The summed E-state index contributed by atoms with van der Waals surface area (Å²) in [6, 6.07) is 9.61. The van der Waals surface area contributed by atoms with Crippen molar-refractivity contribution < 1.29 is 14.3 Å². The minimum absolute atomic E-state index is 0.0621. The zero-order valence-electron chi connectivity index (χ0n) is 18.6. The summed E-state index contributed by atoms with van der Waals surface area (Å²) in [5.74, 6) is 0.0621. The van der Waals surface area contributed by atoms with Gasteiger partial charge in [-0.25, -0.2) is 4.79 Å². The topological polar surface area (TPSA) is 49.9 Å². The standard InChI is InChI=1S/C22H34N2O3Si2/c1-8-14-22(16-23(19(22)25)21(28(2,3)4)29(5,6)7)24-18(15-27-20(24)26)17-12-10-9-11-13-17/h8-13,18,21H,1,14-16H2,2-7H3/t18-,22+/m1/s1. The third kappa shape index (κ3) is 3.70. The molecule has 2 aliphatic rings. The monoisotopic (exact) mass is 430 g/mol. The lowest BCUT2D eigenvalue weighted by Crippen LogP contribution is -2.81. The van der Waals surface area contributed by atoms with Crippen molar-refractivity contribution in [1.82, 2.24) is 9.80 Å². The van der Waals surface area contributed by atoms with Gasteiger partial charge in [0.25, 0.3) is 5.91 Å². The SMILES string of the molecule is C=CC[C@]1(N2C(=O)OC[C@@H]2c2ccccc2)CN(C([Si](C)(C)C)[Si](C)(C)C)C1=O. The Hall–Kier alpha value is -1.87. The van der Waals surface area contributed by atoms with Crippen LogP contribution in [0.5, 0.6) is 0 Å². The number of benzene rings is 1. The maximum atomic E-state index is 13.8. The Balaban J connectivity index is 1.98. The number of rotatable bonds is 7. The molecule has 7 heteroatoms. The fourth-order valence-electron chi connectivity index (χ4n) is 5.52. The van der Waals surface area contributed by atoms with Crippen LogP contribution in [0.1, 0.15) is 18.0 Å². The van der Waals surface area contributed by atoms with Gasteiger partial charge in [-0.05, 0) is 12.0 Å².